The second-order valence-corrected chi connectivity index (χ2v) is 4.52. The highest BCUT2D eigenvalue weighted by molar-refractivity contribution is 7.09. The normalized spacial score (nSPS) is 10.0. The molecule has 3 nitrogen and oxygen atoms in total. The quantitative estimate of drug-likeness (QED) is 0.821. The molecule has 0 saturated heterocycles. The predicted molar refractivity (Wildman–Crippen MR) is 64.3 cm³/mol. The summed E-state index contributed by atoms with van der Waals surface area (Å²) in [7, 11) is 1.83. The van der Waals surface area contributed by atoms with Crippen LogP contribution in [0.1, 0.15) is 18.2 Å². The molecule has 0 saturated carbocycles. The summed E-state index contributed by atoms with van der Waals surface area (Å²) in [4.78, 5) is 14.5. The van der Waals surface area contributed by atoms with E-state index in [4.69, 9.17) is 0 Å². The molecule has 0 fully saturated rings. The standard InChI is InChI=1S/C11H18N2OS/c1-3-7-12-11(14)13(2)8-6-10-5-4-9-15-10/h4-5,9H,3,6-8H2,1-2H3,(H,12,14). The largest absolute Gasteiger partial charge is 0.338 e. The smallest absolute Gasteiger partial charge is 0.317 e. The molecule has 0 aliphatic heterocycles. The summed E-state index contributed by atoms with van der Waals surface area (Å²) in [5.41, 5.74) is 0. The SMILES string of the molecule is CCCNC(=O)N(C)CCc1cccs1. The lowest BCUT2D eigenvalue weighted by molar-refractivity contribution is 0.209. The first-order chi connectivity index (χ1) is 7.24. The molecule has 84 valence electrons. The van der Waals surface area contributed by atoms with Gasteiger partial charge >= 0.3 is 6.03 Å². The summed E-state index contributed by atoms with van der Waals surface area (Å²) in [6.07, 6.45) is 1.91. The van der Waals surface area contributed by atoms with E-state index in [9.17, 15) is 4.79 Å². The van der Waals surface area contributed by atoms with E-state index in [-0.39, 0.29) is 6.03 Å². The maximum atomic E-state index is 11.5. The lowest BCUT2D eigenvalue weighted by Crippen LogP contribution is -2.38. The summed E-state index contributed by atoms with van der Waals surface area (Å²) in [5, 5.41) is 4.91. The predicted octanol–water partition coefficient (Wildman–Crippen LogP) is 2.34. The van der Waals surface area contributed by atoms with Gasteiger partial charge in [0, 0.05) is 25.0 Å². The number of urea groups is 1. The van der Waals surface area contributed by atoms with Crippen molar-refractivity contribution in [3.05, 3.63) is 22.4 Å². The van der Waals surface area contributed by atoms with E-state index in [2.05, 4.69) is 16.8 Å². The number of nitrogens with zero attached hydrogens (tertiary/aromatic N) is 1. The molecule has 0 aromatic carbocycles. The van der Waals surface area contributed by atoms with Crippen LogP contribution in [0.5, 0.6) is 0 Å². The fraction of sp³-hybridized carbons (Fsp3) is 0.545. The van der Waals surface area contributed by atoms with Crippen molar-refractivity contribution in [3.8, 4) is 0 Å². The highest BCUT2D eigenvalue weighted by Crippen LogP contribution is 2.09. The van der Waals surface area contributed by atoms with Crippen LogP contribution in [-0.2, 0) is 6.42 Å². The molecule has 15 heavy (non-hydrogen) atoms. The van der Waals surface area contributed by atoms with Crippen LogP contribution in [-0.4, -0.2) is 31.1 Å². The van der Waals surface area contributed by atoms with Crippen molar-refractivity contribution in [2.75, 3.05) is 20.1 Å². The Morgan fingerprint density at radius 1 is 1.60 bits per heavy atom. The number of carbonyl (C=O) groups excluding carboxylic acids is 1. The molecule has 2 amide bonds. The van der Waals surface area contributed by atoms with Gasteiger partial charge in [0.1, 0.15) is 0 Å². The number of rotatable bonds is 5. The van der Waals surface area contributed by atoms with Crippen LogP contribution in [0.2, 0.25) is 0 Å². The zero-order chi connectivity index (χ0) is 11.1. The van der Waals surface area contributed by atoms with Crippen LogP contribution >= 0.6 is 11.3 Å². The van der Waals surface area contributed by atoms with E-state index in [1.165, 1.54) is 4.88 Å². The molecule has 0 unspecified atom stereocenters. The van der Waals surface area contributed by atoms with Crippen LogP contribution in [0.25, 0.3) is 0 Å². The Morgan fingerprint density at radius 3 is 3.00 bits per heavy atom. The lowest BCUT2D eigenvalue weighted by atomic mass is 10.3. The van der Waals surface area contributed by atoms with E-state index in [1.54, 1.807) is 16.2 Å². The van der Waals surface area contributed by atoms with Gasteiger partial charge in [0.05, 0.1) is 0 Å². The maximum Gasteiger partial charge on any atom is 0.317 e. The van der Waals surface area contributed by atoms with Crippen LogP contribution in [0.15, 0.2) is 17.5 Å². The molecule has 1 rings (SSSR count). The number of carbonyl (C=O) groups is 1. The molecule has 1 heterocycles. The van der Waals surface area contributed by atoms with Gasteiger partial charge in [-0.15, -0.1) is 11.3 Å². The lowest BCUT2D eigenvalue weighted by Gasteiger charge is -2.17. The van der Waals surface area contributed by atoms with Crippen LogP contribution in [0, 0.1) is 0 Å². The second kappa shape index (κ2) is 6.45. The van der Waals surface area contributed by atoms with Crippen molar-refractivity contribution in [1.82, 2.24) is 10.2 Å². The Morgan fingerprint density at radius 2 is 2.40 bits per heavy atom. The number of hydrogen-bond acceptors (Lipinski definition) is 2. The van der Waals surface area contributed by atoms with Gasteiger partial charge in [0.2, 0.25) is 0 Å². The monoisotopic (exact) mass is 226 g/mol. The molecular formula is C11H18N2OS. The topological polar surface area (TPSA) is 32.3 Å². The van der Waals surface area contributed by atoms with Gasteiger partial charge in [0.25, 0.3) is 0 Å². The number of hydrogen-bond donors (Lipinski definition) is 1. The van der Waals surface area contributed by atoms with Crippen molar-refractivity contribution >= 4 is 17.4 Å². The third-order valence-corrected chi connectivity index (χ3v) is 3.08. The maximum absolute atomic E-state index is 11.5. The van der Waals surface area contributed by atoms with Gasteiger partial charge in [-0.25, -0.2) is 4.79 Å². The summed E-state index contributed by atoms with van der Waals surface area (Å²) < 4.78 is 0. The minimum absolute atomic E-state index is 0.0217. The first-order valence-electron chi connectivity index (χ1n) is 5.25. The zero-order valence-corrected chi connectivity index (χ0v) is 10.1. The number of thiophene rings is 1. The van der Waals surface area contributed by atoms with E-state index in [0.29, 0.717) is 0 Å². The van der Waals surface area contributed by atoms with Crippen molar-refractivity contribution in [2.45, 2.75) is 19.8 Å². The highest BCUT2D eigenvalue weighted by atomic mass is 32.1. The Hall–Kier alpha value is -1.03. The number of amides is 2. The molecule has 0 aliphatic rings. The Balaban J connectivity index is 2.23. The minimum atomic E-state index is 0.0217. The van der Waals surface area contributed by atoms with Crippen molar-refractivity contribution < 1.29 is 4.79 Å². The third kappa shape index (κ3) is 4.34. The molecule has 1 N–H and O–H groups in total. The van der Waals surface area contributed by atoms with Crippen molar-refractivity contribution in [2.24, 2.45) is 0 Å². The van der Waals surface area contributed by atoms with Crippen molar-refractivity contribution in [1.29, 1.82) is 0 Å². The summed E-state index contributed by atoms with van der Waals surface area (Å²) in [6.45, 7) is 3.57. The molecular weight excluding hydrogens is 208 g/mol. The summed E-state index contributed by atoms with van der Waals surface area (Å²) in [6, 6.07) is 4.16. The van der Waals surface area contributed by atoms with Gasteiger partial charge in [-0.3, -0.25) is 0 Å². The summed E-state index contributed by atoms with van der Waals surface area (Å²) in [5.74, 6) is 0. The fourth-order valence-electron chi connectivity index (χ4n) is 1.20. The van der Waals surface area contributed by atoms with E-state index in [0.717, 1.165) is 25.9 Å². The molecule has 1 aromatic heterocycles. The van der Waals surface area contributed by atoms with Crippen LogP contribution < -0.4 is 5.32 Å². The third-order valence-electron chi connectivity index (χ3n) is 2.15. The fourth-order valence-corrected chi connectivity index (χ4v) is 1.90. The average Bonchev–Trinajstić information content (AvgIpc) is 2.75. The molecule has 1 aromatic rings. The van der Waals surface area contributed by atoms with Gasteiger partial charge < -0.3 is 10.2 Å². The Labute approximate surface area is 95.1 Å². The molecule has 0 atom stereocenters. The molecule has 4 heteroatoms. The zero-order valence-electron chi connectivity index (χ0n) is 9.32. The Bertz CT molecular complexity index is 285. The average molecular weight is 226 g/mol. The van der Waals surface area contributed by atoms with E-state index >= 15 is 0 Å². The van der Waals surface area contributed by atoms with E-state index < -0.39 is 0 Å². The van der Waals surface area contributed by atoms with Gasteiger partial charge in [-0.2, -0.15) is 0 Å². The molecule has 0 bridgehead atoms. The summed E-state index contributed by atoms with van der Waals surface area (Å²) >= 11 is 1.74. The van der Waals surface area contributed by atoms with Crippen molar-refractivity contribution in [3.63, 3.8) is 0 Å². The van der Waals surface area contributed by atoms with Crippen LogP contribution in [0.4, 0.5) is 4.79 Å². The van der Waals surface area contributed by atoms with Gasteiger partial charge in [-0.05, 0) is 24.3 Å². The molecule has 0 aliphatic carbocycles. The molecule has 0 radical (unpaired) electrons. The first kappa shape index (κ1) is 12.0. The highest BCUT2D eigenvalue weighted by Gasteiger charge is 2.06. The Kier molecular flexibility index (Phi) is 5.18. The first-order valence-corrected chi connectivity index (χ1v) is 6.13. The van der Waals surface area contributed by atoms with Gasteiger partial charge in [0.15, 0.2) is 0 Å². The molecule has 0 spiro atoms. The van der Waals surface area contributed by atoms with Crippen LogP contribution in [0.3, 0.4) is 0 Å². The number of likely N-dealkylation sites (N-methyl/N-ethyl adjacent to an activating group) is 1. The van der Waals surface area contributed by atoms with Gasteiger partial charge in [-0.1, -0.05) is 13.0 Å². The second-order valence-electron chi connectivity index (χ2n) is 3.48. The van der Waals surface area contributed by atoms with E-state index in [1.807, 2.05) is 20.0 Å². The minimum Gasteiger partial charge on any atom is -0.338 e. The number of nitrogens with one attached hydrogen (secondary N) is 1.